The SMILES string of the molecule is CCn1c(-c2cccc(CO)c2-c2ccccc2C)nc2nc(OC)c(-c3nnn[nH]3)cc21. The van der Waals surface area contributed by atoms with E-state index in [2.05, 4.69) is 56.2 Å². The molecule has 0 spiro atoms. The molecule has 0 fully saturated rings. The lowest BCUT2D eigenvalue weighted by Gasteiger charge is -2.16. The van der Waals surface area contributed by atoms with Crippen LogP contribution in [0.15, 0.2) is 48.5 Å². The molecule has 0 aliphatic carbocycles. The average Bonchev–Trinajstić information content (AvgIpc) is 3.50. The first-order chi connectivity index (χ1) is 16.2. The van der Waals surface area contributed by atoms with Gasteiger partial charge in [0.05, 0.1) is 24.8 Å². The number of ether oxygens (including phenoxy) is 1. The van der Waals surface area contributed by atoms with E-state index in [0.29, 0.717) is 29.5 Å². The average molecular weight is 441 g/mol. The number of tetrazole rings is 1. The second kappa shape index (κ2) is 8.44. The number of hydrogen-bond donors (Lipinski definition) is 2. The first-order valence-electron chi connectivity index (χ1n) is 10.6. The molecule has 166 valence electrons. The number of hydrogen-bond acceptors (Lipinski definition) is 7. The van der Waals surface area contributed by atoms with Crippen molar-refractivity contribution in [1.82, 2.24) is 35.2 Å². The van der Waals surface area contributed by atoms with Crippen LogP contribution in [0.1, 0.15) is 18.1 Å². The van der Waals surface area contributed by atoms with E-state index in [1.165, 1.54) is 0 Å². The van der Waals surface area contributed by atoms with E-state index in [1.807, 2.05) is 36.4 Å². The highest BCUT2D eigenvalue weighted by molar-refractivity contribution is 5.89. The van der Waals surface area contributed by atoms with Crippen molar-refractivity contribution in [2.75, 3.05) is 7.11 Å². The monoisotopic (exact) mass is 441 g/mol. The van der Waals surface area contributed by atoms with Gasteiger partial charge in [0.15, 0.2) is 11.5 Å². The third-order valence-electron chi connectivity index (χ3n) is 5.79. The number of H-pyrrole nitrogens is 1. The molecular weight excluding hydrogens is 418 g/mol. The van der Waals surface area contributed by atoms with Gasteiger partial charge in [-0.25, -0.2) is 10.1 Å². The van der Waals surface area contributed by atoms with Crippen molar-refractivity contribution in [3.8, 4) is 39.8 Å². The quantitative estimate of drug-likeness (QED) is 0.412. The minimum atomic E-state index is -0.0709. The molecule has 0 aliphatic heterocycles. The number of methoxy groups -OCH3 is 1. The summed E-state index contributed by atoms with van der Waals surface area (Å²) >= 11 is 0. The lowest BCUT2D eigenvalue weighted by Crippen LogP contribution is -2.02. The summed E-state index contributed by atoms with van der Waals surface area (Å²) in [6.45, 7) is 4.73. The van der Waals surface area contributed by atoms with Gasteiger partial charge in [0.1, 0.15) is 5.82 Å². The first kappa shape index (κ1) is 20.8. The van der Waals surface area contributed by atoms with E-state index in [1.54, 1.807) is 7.11 Å². The topological polar surface area (TPSA) is 115 Å². The molecule has 5 aromatic rings. The van der Waals surface area contributed by atoms with Crippen LogP contribution >= 0.6 is 0 Å². The Labute approximate surface area is 190 Å². The molecule has 5 rings (SSSR count). The lowest BCUT2D eigenvalue weighted by atomic mass is 9.91. The van der Waals surface area contributed by atoms with Crippen molar-refractivity contribution in [2.24, 2.45) is 0 Å². The minimum Gasteiger partial charge on any atom is -0.480 e. The molecule has 0 atom stereocenters. The van der Waals surface area contributed by atoms with E-state index in [-0.39, 0.29) is 6.61 Å². The lowest BCUT2D eigenvalue weighted by molar-refractivity contribution is 0.282. The molecule has 0 unspecified atom stereocenters. The molecule has 0 radical (unpaired) electrons. The summed E-state index contributed by atoms with van der Waals surface area (Å²) in [6.07, 6.45) is 0. The maximum Gasteiger partial charge on any atom is 0.226 e. The van der Waals surface area contributed by atoms with Gasteiger partial charge in [-0.05, 0) is 52.6 Å². The maximum atomic E-state index is 10.1. The predicted octanol–water partition coefficient (Wildman–Crippen LogP) is 3.77. The maximum absolute atomic E-state index is 10.1. The van der Waals surface area contributed by atoms with E-state index >= 15 is 0 Å². The van der Waals surface area contributed by atoms with Gasteiger partial charge in [0.25, 0.3) is 0 Å². The Kier molecular flexibility index (Phi) is 5.31. The Morgan fingerprint density at radius 2 is 1.85 bits per heavy atom. The van der Waals surface area contributed by atoms with E-state index in [0.717, 1.165) is 39.2 Å². The number of fused-ring (bicyclic) bond motifs is 1. The van der Waals surface area contributed by atoms with Crippen LogP contribution in [-0.4, -0.2) is 47.4 Å². The van der Waals surface area contributed by atoms with Gasteiger partial charge >= 0.3 is 0 Å². The molecule has 2 aromatic carbocycles. The largest absolute Gasteiger partial charge is 0.480 e. The number of imidazole rings is 1. The highest BCUT2D eigenvalue weighted by atomic mass is 16.5. The molecule has 2 N–H and O–H groups in total. The third-order valence-corrected chi connectivity index (χ3v) is 5.79. The third kappa shape index (κ3) is 3.42. The van der Waals surface area contributed by atoms with Gasteiger partial charge in [-0.2, -0.15) is 4.98 Å². The Hall–Kier alpha value is -4.11. The zero-order valence-electron chi connectivity index (χ0n) is 18.6. The first-order valence-corrected chi connectivity index (χ1v) is 10.6. The van der Waals surface area contributed by atoms with Crippen LogP contribution in [0.3, 0.4) is 0 Å². The summed E-state index contributed by atoms with van der Waals surface area (Å²) in [6, 6.07) is 16.0. The fourth-order valence-electron chi connectivity index (χ4n) is 4.25. The fourth-order valence-corrected chi connectivity index (χ4v) is 4.25. The van der Waals surface area contributed by atoms with Crippen molar-refractivity contribution in [3.05, 3.63) is 59.7 Å². The van der Waals surface area contributed by atoms with Crippen LogP contribution in [0.4, 0.5) is 0 Å². The van der Waals surface area contributed by atoms with Crippen LogP contribution in [0.25, 0.3) is 45.1 Å². The summed E-state index contributed by atoms with van der Waals surface area (Å²) in [7, 11) is 1.56. The number of rotatable bonds is 6. The van der Waals surface area contributed by atoms with Crippen LogP contribution in [-0.2, 0) is 13.2 Å². The van der Waals surface area contributed by atoms with Gasteiger partial charge in [0, 0.05) is 12.1 Å². The summed E-state index contributed by atoms with van der Waals surface area (Å²) in [4.78, 5) is 9.55. The Morgan fingerprint density at radius 1 is 1.03 bits per heavy atom. The summed E-state index contributed by atoms with van der Waals surface area (Å²) in [5.74, 6) is 1.62. The number of nitrogens with one attached hydrogen (secondary N) is 1. The zero-order valence-corrected chi connectivity index (χ0v) is 18.6. The predicted molar refractivity (Wildman–Crippen MR) is 124 cm³/mol. The Morgan fingerprint density at radius 3 is 2.55 bits per heavy atom. The van der Waals surface area contributed by atoms with Gasteiger partial charge in [-0.15, -0.1) is 5.10 Å². The molecule has 3 aromatic heterocycles. The smallest absolute Gasteiger partial charge is 0.226 e. The van der Waals surface area contributed by atoms with Crippen molar-refractivity contribution in [3.63, 3.8) is 0 Å². The van der Waals surface area contributed by atoms with Crippen LogP contribution in [0.2, 0.25) is 0 Å². The van der Waals surface area contributed by atoms with E-state index in [9.17, 15) is 5.11 Å². The molecule has 9 nitrogen and oxygen atoms in total. The standard InChI is InChI=1S/C24H23N7O2/c1-4-31-19-12-18(21-27-29-30-28-21)24(33-3)26-22(19)25-23(31)17-11-7-9-15(13-32)20(17)16-10-6-5-8-14(16)2/h5-12,32H,4,13H2,1-3H3,(H,27,28,29,30). The summed E-state index contributed by atoms with van der Waals surface area (Å²) in [5.41, 5.74) is 6.97. The number of aliphatic hydroxyl groups is 1. The van der Waals surface area contributed by atoms with Crippen molar-refractivity contribution in [2.45, 2.75) is 27.0 Å². The highest BCUT2D eigenvalue weighted by Gasteiger charge is 2.22. The molecule has 33 heavy (non-hydrogen) atoms. The molecule has 0 amide bonds. The molecule has 0 saturated carbocycles. The molecule has 0 saturated heterocycles. The normalized spacial score (nSPS) is 11.3. The zero-order chi connectivity index (χ0) is 22.9. The van der Waals surface area contributed by atoms with Gasteiger partial charge in [0.2, 0.25) is 5.88 Å². The molecule has 9 heteroatoms. The van der Waals surface area contributed by atoms with Crippen LogP contribution in [0, 0.1) is 6.92 Å². The molecule has 3 heterocycles. The molecular formula is C24H23N7O2. The van der Waals surface area contributed by atoms with Gasteiger partial charge in [-0.1, -0.05) is 42.5 Å². The van der Waals surface area contributed by atoms with E-state index in [4.69, 9.17) is 9.72 Å². The van der Waals surface area contributed by atoms with Gasteiger partial charge < -0.3 is 14.4 Å². The molecule has 0 bridgehead atoms. The second-order valence-corrected chi connectivity index (χ2v) is 7.63. The fraction of sp³-hybridized carbons (Fsp3) is 0.208. The van der Waals surface area contributed by atoms with Crippen molar-refractivity contribution < 1.29 is 9.84 Å². The summed E-state index contributed by atoms with van der Waals surface area (Å²) in [5, 5.41) is 24.3. The Balaban J connectivity index is 1.81. The number of benzene rings is 2. The number of aryl methyl sites for hydroxylation is 2. The van der Waals surface area contributed by atoms with Gasteiger partial charge in [-0.3, -0.25) is 0 Å². The highest BCUT2D eigenvalue weighted by Crippen LogP contribution is 2.38. The number of aromatic nitrogens is 7. The number of nitrogens with zero attached hydrogens (tertiary/aromatic N) is 6. The summed E-state index contributed by atoms with van der Waals surface area (Å²) < 4.78 is 7.61. The number of pyridine rings is 1. The number of aliphatic hydroxyl groups excluding tert-OH is 1. The number of aromatic amines is 1. The van der Waals surface area contributed by atoms with Crippen LogP contribution in [0.5, 0.6) is 5.88 Å². The van der Waals surface area contributed by atoms with Crippen LogP contribution < -0.4 is 4.74 Å². The van der Waals surface area contributed by atoms with Crippen molar-refractivity contribution in [1.29, 1.82) is 0 Å². The Bertz CT molecular complexity index is 1440. The minimum absolute atomic E-state index is 0.0709. The van der Waals surface area contributed by atoms with E-state index < -0.39 is 0 Å². The van der Waals surface area contributed by atoms with Crippen molar-refractivity contribution >= 4 is 11.2 Å². The second-order valence-electron chi connectivity index (χ2n) is 7.63. The molecule has 0 aliphatic rings.